The van der Waals surface area contributed by atoms with Crippen molar-refractivity contribution in [2.75, 3.05) is 0 Å². The third-order valence-electron chi connectivity index (χ3n) is 3.19. The van der Waals surface area contributed by atoms with Gasteiger partial charge >= 0.3 is 5.97 Å². The van der Waals surface area contributed by atoms with Gasteiger partial charge in [-0.2, -0.15) is 0 Å². The Morgan fingerprint density at radius 3 is 2.38 bits per heavy atom. The van der Waals surface area contributed by atoms with Gasteiger partial charge in [-0.25, -0.2) is 13.2 Å². The summed E-state index contributed by atoms with van der Waals surface area (Å²) in [6.07, 6.45) is 0. The van der Waals surface area contributed by atoms with Crippen LogP contribution in [0, 0.1) is 0 Å². The molecule has 0 bridgehead atoms. The number of para-hydroxylation sites is 1. The van der Waals surface area contributed by atoms with Crippen LogP contribution in [0.2, 0.25) is 0 Å². The van der Waals surface area contributed by atoms with Crippen molar-refractivity contribution in [1.29, 1.82) is 0 Å². The SMILES string of the molecule is O=C(O)c1cc2cccc(S(=O)(=O)c3ccccc3)c2[nH]1. The highest BCUT2D eigenvalue weighted by Crippen LogP contribution is 2.28. The molecule has 0 aliphatic carbocycles. The molecule has 0 amide bonds. The van der Waals surface area contributed by atoms with Gasteiger partial charge in [-0.1, -0.05) is 30.3 Å². The highest BCUT2D eigenvalue weighted by Gasteiger charge is 2.21. The maximum Gasteiger partial charge on any atom is 0.352 e. The number of fused-ring (bicyclic) bond motifs is 1. The van der Waals surface area contributed by atoms with E-state index in [0.29, 0.717) is 10.9 Å². The Morgan fingerprint density at radius 2 is 1.71 bits per heavy atom. The number of carbonyl (C=O) groups is 1. The van der Waals surface area contributed by atoms with Crippen LogP contribution in [0.1, 0.15) is 10.5 Å². The maximum atomic E-state index is 12.7. The molecule has 5 nitrogen and oxygen atoms in total. The average molecular weight is 301 g/mol. The first-order chi connectivity index (χ1) is 10.00. The van der Waals surface area contributed by atoms with Crippen molar-refractivity contribution in [3.05, 3.63) is 60.3 Å². The van der Waals surface area contributed by atoms with Gasteiger partial charge in [-0.3, -0.25) is 0 Å². The smallest absolute Gasteiger partial charge is 0.352 e. The van der Waals surface area contributed by atoms with Crippen molar-refractivity contribution in [3.8, 4) is 0 Å². The van der Waals surface area contributed by atoms with Crippen LogP contribution in [0.4, 0.5) is 0 Å². The van der Waals surface area contributed by atoms with Crippen molar-refractivity contribution in [1.82, 2.24) is 4.98 Å². The Hall–Kier alpha value is -2.60. The van der Waals surface area contributed by atoms with Crippen molar-refractivity contribution in [2.24, 2.45) is 0 Å². The number of carboxylic acid groups (broad SMARTS) is 1. The molecule has 21 heavy (non-hydrogen) atoms. The fourth-order valence-corrected chi connectivity index (χ4v) is 3.66. The monoisotopic (exact) mass is 301 g/mol. The summed E-state index contributed by atoms with van der Waals surface area (Å²) < 4.78 is 25.3. The van der Waals surface area contributed by atoms with Crippen LogP contribution < -0.4 is 0 Å². The number of aromatic amines is 1. The van der Waals surface area contributed by atoms with Crippen molar-refractivity contribution in [3.63, 3.8) is 0 Å². The largest absolute Gasteiger partial charge is 0.477 e. The quantitative estimate of drug-likeness (QED) is 0.778. The fourth-order valence-electron chi connectivity index (χ4n) is 2.19. The summed E-state index contributed by atoms with van der Waals surface area (Å²) in [5, 5.41) is 9.56. The van der Waals surface area contributed by atoms with Gasteiger partial charge in [0.05, 0.1) is 15.3 Å². The summed E-state index contributed by atoms with van der Waals surface area (Å²) in [7, 11) is -3.70. The molecule has 0 saturated heterocycles. The first kappa shape index (κ1) is 13.4. The lowest BCUT2D eigenvalue weighted by Crippen LogP contribution is -2.03. The van der Waals surface area contributed by atoms with Gasteiger partial charge in [0, 0.05) is 5.39 Å². The molecular formula is C15H11NO4S. The number of rotatable bonds is 3. The van der Waals surface area contributed by atoms with Crippen LogP contribution in [0.15, 0.2) is 64.4 Å². The van der Waals surface area contributed by atoms with E-state index in [1.807, 2.05) is 0 Å². The Balaban J connectivity index is 2.28. The van der Waals surface area contributed by atoms with Gasteiger partial charge < -0.3 is 10.1 Å². The van der Waals surface area contributed by atoms with Gasteiger partial charge in [-0.15, -0.1) is 0 Å². The normalized spacial score (nSPS) is 11.6. The van der Waals surface area contributed by atoms with Gasteiger partial charge in [-0.05, 0) is 24.3 Å². The molecule has 3 rings (SSSR count). The summed E-state index contributed by atoms with van der Waals surface area (Å²) in [5.74, 6) is -1.13. The van der Waals surface area contributed by atoms with E-state index in [4.69, 9.17) is 5.11 Å². The van der Waals surface area contributed by atoms with Crippen LogP contribution in [-0.2, 0) is 9.84 Å². The number of aromatic carboxylic acids is 1. The molecular weight excluding hydrogens is 290 g/mol. The first-order valence-electron chi connectivity index (χ1n) is 6.15. The molecule has 0 atom stereocenters. The molecule has 0 fully saturated rings. The molecule has 2 N–H and O–H groups in total. The van der Waals surface area contributed by atoms with E-state index in [-0.39, 0.29) is 15.5 Å². The minimum Gasteiger partial charge on any atom is -0.477 e. The Kier molecular flexibility index (Phi) is 3.03. The zero-order valence-electron chi connectivity index (χ0n) is 10.8. The van der Waals surface area contributed by atoms with E-state index < -0.39 is 15.8 Å². The standard InChI is InChI=1S/C15H11NO4S/c17-15(18)12-9-10-5-4-8-13(14(10)16-12)21(19,20)11-6-2-1-3-7-11/h1-9,16H,(H,17,18). The molecule has 106 valence electrons. The number of carboxylic acids is 1. The molecule has 6 heteroatoms. The number of aromatic nitrogens is 1. The lowest BCUT2D eigenvalue weighted by atomic mass is 10.2. The van der Waals surface area contributed by atoms with Crippen molar-refractivity contribution < 1.29 is 18.3 Å². The first-order valence-corrected chi connectivity index (χ1v) is 7.63. The molecule has 0 spiro atoms. The highest BCUT2D eigenvalue weighted by molar-refractivity contribution is 7.91. The summed E-state index contributed by atoms with van der Waals surface area (Å²) >= 11 is 0. The Labute approximate surface area is 120 Å². The lowest BCUT2D eigenvalue weighted by molar-refractivity contribution is 0.0691. The van der Waals surface area contributed by atoms with Crippen molar-refractivity contribution in [2.45, 2.75) is 9.79 Å². The third-order valence-corrected chi connectivity index (χ3v) is 5.00. The second kappa shape index (κ2) is 4.75. The summed E-state index contributed by atoms with van der Waals surface area (Å²) in [6.45, 7) is 0. The zero-order valence-corrected chi connectivity index (χ0v) is 11.6. The molecule has 0 unspecified atom stereocenters. The van der Waals surface area contributed by atoms with Crippen molar-refractivity contribution >= 4 is 26.7 Å². The minimum absolute atomic E-state index is 0.0410. The highest BCUT2D eigenvalue weighted by atomic mass is 32.2. The molecule has 3 aromatic rings. The van der Waals surface area contributed by atoms with Crippen LogP contribution in [0.25, 0.3) is 10.9 Å². The predicted molar refractivity (Wildman–Crippen MR) is 77.2 cm³/mol. The predicted octanol–water partition coefficient (Wildman–Crippen LogP) is 2.70. The molecule has 0 aliphatic heterocycles. The summed E-state index contributed by atoms with van der Waals surface area (Å²) in [4.78, 5) is 13.9. The number of benzene rings is 2. The number of hydrogen-bond donors (Lipinski definition) is 2. The third kappa shape index (κ3) is 2.19. The topological polar surface area (TPSA) is 87.2 Å². The zero-order chi connectivity index (χ0) is 15.0. The van der Waals surface area contributed by atoms with Crippen LogP contribution in [0.5, 0.6) is 0 Å². The lowest BCUT2D eigenvalue weighted by Gasteiger charge is -2.05. The number of nitrogens with one attached hydrogen (secondary N) is 1. The van der Waals surface area contributed by atoms with Gasteiger partial charge in [0.15, 0.2) is 0 Å². The maximum absolute atomic E-state index is 12.7. The number of sulfone groups is 1. The molecule has 0 aliphatic rings. The fraction of sp³-hybridized carbons (Fsp3) is 0. The summed E-state index contributed by atoms with van der Waals surface area (Å²) in [6, 6.07) is 14.2. The number of hydrogen-bond acceptors (Lipinski definition) is 3. The average Bonchev–Trinajstić information content (AvgIpc) is 2.92. The second-order valence-electron chi connectivity index (χ2n) is 4.53. The van der Waals surface area contributed by atoms with Crippen LogP contribution >= 0.6 is 0 Å². The second-order valence-corrected chi connectivity index (χ2v) is 6.44. The molecule has 1 aromatic heterocycles. The summed E-state index contributed by atoms with van der Waals surface area (Å²) in [5.41, 5.74) is 0.263. The van der Waals surface area contributed by atoms with E-state index in [9.17, 15) is 13.2 Å². The van der Waals surface area contributed by atoms with E-state index in [0.717, 1.165) is 0 Å². The Bertz CT molecular complexity index is 927. The molecule has 0 radical (unpaired) electrons. The van der Waals surface area contributed by atoms with E-state index in [1.165, 1.54) is 24.3 Å². The van der Waals surface area contributed by atoms with Crippen LogP contribution in [0.3, 0.4) is 0 Å². The number of H-pyrrole nitrogens is 1. The van der Waals surface area contributed by atoms with Gasteiger partial charge in [0.1, 0.15) is 5.69 Å². The van der Waals surface area contributed by atoms with Gasteiger partial charge in [0.25, 0.3) is 0 Å². The Morgan fingerprint density at radius 1 is 1.00 bits per heavy atom. The molecule has 0 saturated carbocycles. The van der Waals surface area contributed by atoms with E-state index in [1.54, 1.807) is 30.3 Å². The molecule has 2 aromatic carbocycles. The molecule has 1 heterocycles. The minimum atomic E-state index is -3.70. The van der Waals surface area contributed by atoms with Crippen LogP contribution in [-0.4, -0.2) is 24.5 Å². The van der Waals surface area contributed by atoms with E-state index in [2.05, 4.69) is 4.98 Å². The van der Waals surface area contributed by atoms with E-state index >= 15 is 0 Å². The van der Waals surface area contributed by atoms with Gasteiger partial charge in [0.2, 0.25) is 9.84 Å².